The highest BCUT2D eigenvalue weighted by molar-refractivity contribution is 6.17. The number of rotatable bonds is 4. The van der Waals surface area contributed by atoms with Gasteiger partial charge in [-0.3, -0.25) is 4.98 Å². The molecule has 5 aromatic carbocycles. The maximum atomic E-state index is 10.1. The van der Waals surface area contributed by atoms with Crippen LogP contribution in [0, 0.1) is 32.1 Å². The topological polar surface area (TPSA) is 41.6 Å². The van der Waals surface area contributed by atoms with Gasteiger partial charge in [-0.1, -0.05) is 96.1 Å². The van der Waals surface area contributed by atoms with E-state index in [9.17, 15) is 5.26 Å². The second kappa shape index (κ2) is 10.2. The third kappa shape index (κ3) is 4.17. The van der Waals surface area contributed by atoms with Gasteiger partial charge in [0.1, 0.15) is 0 Å². The van der Waals surface area contributed by atoms with Gasteiger partial charge >= 0.3 is 0 Å². The smallest absolute Gasteiger partial charge is 0.0998 e. The highest BCUT2D eigenvalue weighted by Crippen LogP contribution is 2.43. The maximum Gasteiger partial charge on any atom is 0.0998 e. The predicted molar refractivity (Wildman–Crippen MR) is 174 cm³/mol. The lowest BCUT2D eigenvalue weighted by Crippen LogP contribution is -2.02. The fraction of sp³-hybridized carbons (Fsp3) is 0.0769. The standard InChI is InChI=1S/C39H29N3/c1-25-8-4-10-29(20-25)32-12-6-14-34-35-15-7-13-33(30-11-5-9-26(2)21-30)39(35)42(38(32)34)37-23-36(28-16-18-41-19-17-28)31(24-40)22-27(37)3/h4-23H,1-3H3. The molecule has 42 heavy (non-hydrogen) atoms. The normalized spacial score (nSPS) is 11.2. The second-order valence-electron chi connectivity index (χ2n) is 11.0. The van der Waals surface area contributed by atoms with Crippen LogP contribution in [0.5, 0.6) is 0 Å². The number of para-hydroxylation sites is 2. The molecule has 0 amide bonds. The molecule has 0 aliphatic heterocycles. The Kier molecular flexibility index (Phi) is 6.18. The van der Waals surface area contributed by atoms with Gasteiger partial charge in [0.05, 0.1) is 22.7 Å². The summed E-state index contributed by atoms with van der Waals surface area (Å²) in [5.41, 5.74) is 14.1. The van der Waals surface area contributed by atoms with E-state index in [-0.39, 0.29) is 0 Å². The number of hydrogen-bond acceptors (Lipinski definition) is 2. The number of nitrogens with zero attached hydrogens (tertiary/aromatic N) is 3. The molecule has 0 N–H and O–H groups in total. The SMILES string of the molecule is Cc1cccc(-c2cccc3c4cccc(-c5cccc(C)c5)c4n(-c4cc(-c5ccncc5)c(C#N)cc4C)c23)c1. The van der Waals surface area contributed by atoms with Crippen molar-refractivity contribution in [3.05, 3.63) is 144 Å². The van der Waals surface area contributed by atoms with Crippen molar-refractivity contribution in [3.63, 3.8) is 0 Å². The van der Waals surface area contributed by atoms with Gasteiger partial charge in [0, 0.05) is 45.5 Å². The molecule has 0 bridgehead atoms. The Morgan fingerprint density at radius 3 is 1.64 bits per heavy atom. The monoisotopic (exact) mass is 539 g/mol. The summed E-state index contributed by atoms with van der Waals surface area (Å²) in [6.07, 6.45) is 3.56. The molecule has 0 saturated heterocycles. The first-order chi connectivity index (χ1) is 20.5. The van der Waals surface area contributed by atoms with Crippen LogP contribution in [0.15, 0.2) is 122 Å². The van der Waals surface area contributed by atoms with Crippen molar-refractivity contribution in [1.82, 2.24) is 9.55 Å². The van der Waals surface area contributed by atoms with Crippen molar-refractivity contribution in [1.29, 1.82) is 5.26 Å². The molecule has 3 heteroatoms. The molecule has 2 aromatic heterocycles. The van der Waals surface area contributed by atoms with Crippen LogP contribution in [0.25, 0.3) is 60.9 Å². The highest BCUT2D eigenvalue weighted by Gasteiger charge is 2.22. The minimum Gasteiger partial charge on any atom is -0.308 e. The van der Waals surface area contributed by atoms with Crippen LogP contribution >= 0.6 is 0 Å². The van der Waals surface area contributed by atoms with E-state index in [1.807, 2.05) is 18.2 Å². The predicted octanol–water partition coefficient (Wildman–Crippen LogP) is 9.98. The molecule has 3 nitrogen and oxygen atoms in total. The van der Waals surface area contributed by atoms with Gasteiger partial charge in [-0.15, -0.1) is 0 Å². The van der Waals surface area contributed by atoms with Gasteiger partial charge in [0.2, 0.25) is 0 Å². The number of benzene rings is 5. The summed E-state index contributed by atoms with van der Waals surface area (Å²) < 4.78 is 2.43. The number of aromatic nitrogens is 2. The molecule has 2 heterocycles. The summed E-state index contributed by atoms with van der Waals surface area (Å²) in [7, 11) is 0. The Morgan fingerprint density at radius 2 is 1.12 bits per heavy atom. The van der Waals surface area contributed by atoms with Gasteiger partial charge < -0.3 is 4.57 Å². The molecular formula is C39H29N3. The average Bonchev–Trinajstić information content (AvgIpc) is 3.36. The first-order valence-electron chi connectivity index (χ1n) is 14.2. The lowest BCUT2D eigenvalue weighted by molar-refractivity contribution is 1.15. The van der Waals surface area contributed by atoms with Gasteiger partial charge in [-0.25, -0.2) is 0 Å². The van der Waals surface area contributed by atoms with Gasteiger partial charge in [-0.05, 0) is 67.3 Å². The molecule has 200 valence electrons. The summed E-state index contributed by atoms with van der Waals surface area (Å²) in [6, 6.07) is 41.3. The van der Waals surface area contributed by atoms with E-state index in [1.54, 1.807) is 12.4 Å². The maximum absolute atomic E-state index is 10.1. The zero-order valence-corrected chi connectivity index (χ0v) is 23.9. The zero-order chi connectivity index (χ0) is 28.8. The molecular weight excluding hydrogens is 510 g/mol. The lowest BCUT2D eigenvalue weighted by atomic mass is 9.97. The molecule has 0 aliphatic carbocycles. The van der Waals surface area contributed by atoms with E-state index in [0.717, 1.165) is 33.4 Å². The van der Waals surface area contributed by atoms with E-state index in [2.05, 4.69) is 127 Å². The Bertz CT molecular complexity index is 2080. The summed E-state index contributed by atoms with van der Waals surface area (Å²) in [5, 5.41) is 12.5. The van der Waals surface area contributed by atoms with Gasteiger partial charge in [0.25, 0.3) is 0 Å². The number of nitriles is 1. The Morgan fingerprint density at radius 1 is 0.571 bits per heavy atom. The van der Waals surface area contributed by atoms with Crippen LogP contribution in [-0.2, 0) is 0 Å². The first-order valence-corrected chi connectivity index (χ1v) is 14.2. The van der Waals surface area contributed by atoms with Crippen LogP contribution in [0.4, 0.5) is 0 Å². The summed E-state index contributed by atoms with van der Waals surface area (Å²) in [5.74, 6) is 0. The molecule has 0 radical (unpaired) electrons. The van der Waals surface area contributed by atoms with Crippen molar-refractivity contribution in [2.24, 2.45) is 0 Å². The van der Waals surface area contributed by atoms with Gasteiger partial charge in [-0.2, -0.15) is 5.26 Å². The Balaban J connectivity index is 1.68. The van der Waals surface area contributed by atoms with E-state index >= 15 is 0 Å². The molecule has 0 spiro atoms. The van der Waals surface area contributed by atoms with Crippen LogP contribution in [0.2, 0.25) is 0 Å². The number of pyridine rings is 1. The lowest BCUT2D eigenvalue weighted by Gasteiger charge is -2.18. The molecule has 7 aromatic rings. The van der Waals surface area contributed by atoms with Crippen LogP contribution in [0.3, 0.4) is 0 Å². The van der Waals surface area contributed by atoms with Crippen molar-refractivity contribution < 1.29 is 0 Å². The summed E-state index contributed by atoms with van der Waals surface area (Å²) >= 11 is 0. The first kappa shape index (κ1) is 25.5. The number of aryl methyl sites for hydroxylation is 3. The zero-order valence-electron chi connectivity index (χ0n) is 23.9. The third-order valence-corrected chi connectivity index (χ3v) is 8.16. The molecule has 0 saturated carbocycles. The second-order valence-corrected chi connectivity index (χ2v) is 11.0. The van der Waals surface area contributed by atoms with E-state index in [0.29, 0.717) is 5.56 Å². The van der Waals surface area contributed by atoms with Crippen LogP contribution in [0.1, 0.15) is 22.3 Å². The van der Waals surface area contributed by atoms with Crippen molar-refractivity contribution in [2.45, 2.75) is 20.8 Å². The third-order valence-electron chi connectivity index (χ3n) is 8.16. The van der Waals surface area contributed by atoms with E-state index in [4.69, 9.17) is 0 Å². The molecule has 0 aliphatic rings. The minimum absolute atomic E-state index is 0.654. The van der Waals surface area contributed by atoms with Crippen LogP contribution in [-0.4, -0.2) is 9.55 Å². The fourth-order valence-corrected chi connectivity index (χ4v) is 6.25. The molecule has 0 fully saturated rings. The fourth-order valence-electron chi connectivity index (χ4n) is 6.25. The summed E-state index contributed by atoms with van der Waals surface area (Å²) in [4.78, 5) is 4.21. The van der Waals surface area contributed by atoms with Crippen molar-refractivity contribution >= 4 is 21.8 Å². The van der Waals surface area contributed by atoms with Crippen molar-refractivity contribution in [2.75, 3.05) is 0 Å². The van der Waals surface area contributed by atoms with E-state index in [1.165, 1.54) is 44.2 Å². The number of fused-ring (bicyclic) bond motifs is 3. The average molecular weight is 540 g/mol. The molecule has 0 atom stereocenters. The van der Waals surface area contributed by atoms with Crippen LogP contribution < -0.4 is 0 Å². The summed E-state index contributed by atoms with van der Waals surface area (Å²) in [6.45, 7) is 6.39. The molecule has 7 rings (SSSR count). The van der Waals surface area contributed by atoms with Gasteiger partial charge in [0.15, 0.2) is 0 Å². The van der Waals surface area contributed by atoms with E-state index < -0.39 is 0 Å². The quantitative estimate of drug-likeness (QED) is 0.223. The Labute approximate surface area is 246 Å². The Hall–Kier alpha value is -5.46. The number of hydrogen-bond donors (Lipinski definition) is 0. The minimum atomic E-state index is 0.654. The van der Waals surface area contributed by atoms with Crippen molar-refractivity contribution in [3.8, 4) is 45.1 Å². The highest BCUT2D eigenvalue weighted by atomic mass is 15.0. The largest absolute Gasteiger partial charge is 0.308 e. The molecule has 0 unspecified atom stereocenters.